The number of hydrogen-bond donors (Lipinski definition) is 0. The summed E-state index contributed by atoms with van der Waals surface area (Å²) in [4.78, 5) is 17.6. The summed E-state index contributed by atoms with van der Waals surface area (Å²) in [6.07, 6.45) is 6.45. The molecule has 92 valence electrons. The lowest BCUT2D eigenvalue weighted by atomic mass is 10.3. The minimum Gasteiger partial charge on any atom is -0.486 e. The van der Waals surface area contributed by atoms with Crippen molar-refractivity contribution < 1.29 is 9.53 Å². The maximum atomic E-state index is 11.8. The largest absolute Gasteiger partial charge is 0.486 e. The highest BCUT2D eigenvalue weighted by Crippen LogP contribution is 2.12. The van der Waals surface area contributed by atoms with E-state index in [0.29, 0.717) is 18.9 Å². The number of likely N-dealkylation sites (N-methyl/N-ethyl adjacent to an activating group) is 1. The summed E-state index contributed by atoms with van der Waals surface area (Å²) >= 11 is 0. The number of amides is 1. The highest BCUT2D eigenvalue weighted by molar-refractivity contribution is 5.95. The number of hydrogen-bond acceptors (Lipinski definition) is 3. The Balaban J connectivity index is 2.14. The first-order valence-electron chi connectivity index (χ1n) is 5.82. The van der Waals surface area contributed by atoms with Crippen LogP contribution in [0.2, 0.25) is 0 Å². The minimum absolute atomic E-state index is 0.0821. The SMILES string of the molecule is CCCn1cnc(/C=C2\OCCN(C)C2=O)c1. The topological polar surface area (TPSA) is 47.4 Å². The van der Waals surface area contributed by atoms with E-state index in [0.717, 1.165) is 18.7 Å². The Labute approximate surface area is 101 Å². The Morgan fingerprint density at radius 2 is 2.41 bits per heavy atom. The van der Waals surface area contributed by atoms with Crippen molar-refractivity contribution in [1.82, 2.24) is 14.5 Å². The van der Waals surface area contributed by atoms with Gasteiger partial charge in [0.1, 0.15) is 6.61 Å². The molecule has 1 saturated heterocycles. The van der Waals surface area contributed by atoms with Gasteiger partial charge in [-0.15, -0.1) is 0 Å². The second kappa shape index (κ2) is 5.03. The van der Waals surface area contributed by atoms with Crippen LogP contribution >= 0.6 is 0 Å². The molecule has 0 unspecified atom stereocenters. The Hall–Kier alpha value is -1.78. The van der Waals surface area contributed by atoms with Gasteiger partial charge in [-0.3, -0.25) is 4.79 Å². The molecule has 1 aromatic rings. The van der Waals surface area contributed by atoms with Crippen LogP contribution in [-0.4, -0.2) is 40.6 Å². The number of nitrogens with zero attached hydrogens (tertiary/aromatic N) is 3. The number of rotatable bonds is 3. The monoisotopic (exact) mass is 235 g/mol. The molecule has 0 bridgehead atoms. The molecule has 0 N–H and O–H groups in total. The number of morpholine rings is 1. The third-order valence-corrected chi connectivity index (χ3v) is 2.66. The van der Waals surface area contributed by atoms with Gasteiger partial charge in [0.15, 0.2) is 5.76 Å². The summed E-state index contributed by atoms with van der Waals surface area (Å²) in [7, 11) is 1.77. The number of carbonyl (C=O) groups is 1. The number of ether oxygens (including phenoxy) is 1. The van der Waals surface area contributed by atoms with Gasteiger partial charge in [-0.25, -0.2) is 4.98 Å². The fourth-order valence-electron chi connectivity index (χ4n) is 1.71. The van der Waals surface area contributed by atoms with Gasteiger partial charge in [-0.05, 0) is 6.42 Å². The van der Waals surface area contributed by atoms with Gasteiger partial charge in [0.25, 0.3) is 5.91 Å². The lowest BCUT2D eigenvalue weighted by Crippen LogP contribution is -2.37. The first kappa shape index (κ1) is 11.7. The molecule has 0 saturated carbocycles. The first-order valence-corrected chi connectivity index (χ1v) is 5.82. The average Bonchev–Trinajstić information content (AvgIpc) is 2.73. The summed E-state index contributed by atoms with van der Waals surface area (Å²) in [6.45, 7) is 4.23. The van der Waals surface area contributed by atoms with E-state index in [-0.39, 0.29) is 5.91 Å². The van der Waals surface area contributed by atoms with Crippen LogP contribution < -0.4 is 0 Å². The average molecular weight is 235 g/mol. The van der Waals surface area contributed by atoms with Crippen LogP contribution in [0, 0.1) is 0 Å². The van der Waals surface area contributed by atoms with Crippen LogP contribution in [0.5, 0.6) is 0 Å². The number of carbonyl (C=O) groups excluding carboxylic acids is 1. The van der Waals surface area contributed by atoms with Crippen LogP contribution in [0.1, 0.15) is 19.0 Å². The lowest BCUT2D eigenvalue weighted by Gasteiger charge is -2.24. The maximum absolute atomic E-state index is 11.8. The van der Waals surface area contributed by atoms with Gasteiger partial charge in [0, 0.05) is 25.9 Å². The van der Waals surface area contributed by atoms with E-state index in [2.05, 4.69) is 11.9 Å². The van der Waals surface area contributed by atoms with E-state index < -0.39 is 0 Å². The van der Waals surface area contributed by atoms with E-state index in [9.17, 15) is 4.79 Å². The Morgan fingerprint density at radius 1 is 1.59 bits per heavy atom. The van der Waals surface area contributed by atoms with Crippen molar-refractivity contribution in [2.24, 2.45) is 0 Å². The van der Waals surface area contributed by atoms with Gasteiger partial charge in [-0.1, -0.05) is 6.92 Å². The summed E-state index contributed by atoms with van der Waals surface area (Å²) in [5.74, 6) is 0.293. The van der Waals surface area contributed by atoms with E-state index in [1.807, 2.05) is 10.8 Å². The molecule has 0 atom stereocenters. The Bertz CT molecular complexity index is 437. The van der Waals surface area contributed by atoms with Gasteiger partial charge < -0.3 is 14.2 Å². The molecule has 5 heteroatoms. The van der Waals surface area contributed by atoms with E-state index in [1.165, 1.54) is 0 Å². The van der Waals surface area contributed by atoms with E-state index in [1.54, 1.807) is 24.4 Å². The van der Waals surface area contributed by atoms with Gasteiger partial charge in [0.05, 0.1) is 18.6 Å². The lowest BCUT2D eigenvalue weighted by molar-refractivity contribution is -0.133. The second-order valence-electron chi connectivity index (χ2n) is 4.12. The van der Waals surface area contributed by atoms with Crippen molar-refractivity contribution in [2.45, 2.75) is 19.9 Å². The summed E-state index contributed by atoms with van der Waals surface area (Å²) < 4.78 is 7.36. The Morgan fingerprint density at radius 3 is 3.18 bits per heavy atom. The molecule has 2 rings (SSSR count). The molecule has 2 heterocycles. The molecule has 0 radical (unpaired) electrons. The second-order valence-corrected chi connectivity index (χ2v) is 4.12. The van der Waals surface area contributed by atoms with Crippen LogP contribution in [0.3, 0.4) is 0 Å². The van der Waals surface area contributed by atoms with Crippen molar-refractivity contribution >= 4 is 12.0 Å². The fraction of sp³-hybridized carbons (Fsp3) is 0.500. The number of aryl methyl sites for hydroxylation is 1. The van der Waals surface area contributed by atoms with Crippen LogP contribution in [0.15, 0.2) is 18.3 Å². The standard InChI is InChI=1S/C12H17N3O2/c1-3-4-15-8-10(13-9-15)7-11-12(16)14(2)5-6-17-11/h7-9H,3-6H2,1-2H3/b11-7-. The summed E-state index contributed by atoms with van der Waals surface area (Å²) in [5, 5.41) is 0. The van der Waals surface area contributed by atoms with Crippen LogP contribution in [0.25, 0.3) is 6.08 Å². The molecular formula is C12H17N3O2. The molecule has 1 aliphatic heterocycles. The molecular weight excluding hydrogens is 218 g/mol. The minimum atomic E-state index is -0.0821. The molecule has 1 aliphatic rings. The zero-order chi connectivity index (χ0) is 12.3. The molecule has 5 nitrogen and oxygen atoms in total. The highest BCUT2D eigenvalue weighted by atomic mass is 16.5. The quantitative estimate of drug-likeness (QED) is 0.738. The Kier molecular flexibility index (Phi) is 3.46. The normalized spacial score (nSPS) is 18.6. The third-order valence-electron chi connectivity index (χ3n) is 2.66. The summed E-state index contributed by atoms with van der Waals surface area (Å²) in [5.41, 5.74) is 0.761. The molecule has 0 aliphatic carbocycles. The smallest absolute Gasteiger partial charge is 0.288 e. The molecule has 1 fully saturated rings. The van der Waals surface area contributed by atoms with Crippen molar-refractivity contribution in [3.63, 3.8) is 0 Å². The third kappa shape index (κ3) is 2.67. The zero-order valence-corrected chi connectivity index (χ0v) is 10.2. The molecule has 0 spiro atoms. The van der Waals surface area contributed by atoms with Gasteiger partial charge in [0.2, 0.25) is 0 Å². The first-order chi connectivity index (χ1) is 8.20. The van der Waals surface area contributed by atoms with Gasteiger partial charge in [-0.2, -0.15) is 0 Å². The molecule has 1 amide bonds. The number of imidazole rings is 1. The number of aromatic nitrogens is 2. The predicted molar refractivity (Wildman–Crippen MR) is 64.1 cm³/mol. The summed E-state index contributed by atoms with van der Waals surface area (Å²) in [6, 6.07) is 0. The van der Waals surface area contributed by atoms with E-state index >= 15 is 0 Å². The fourth-order valence-corrected chi connectivity index (χ4v) is 1.71. The van der Waals surface area contributed by atoms with Crippen LogP contribution in [0.4, 0.5) is 0 Å². The van der Waals surface area contributed by atoms with E-state index in [4.69, 9.17) is 4.74 Å². The van der Waals surface area contributed by atoms with Gasteiger partial charge >= 0.3 is 0 Å². The van der Waals surface area contributed by atoms with Crippen LogP contribution in [-0.2, 0) is 16.1 Å². The van der Waals surface area contributed by atoms with Crippen molar-refractivity contribution in [1.29, 1.82) is 0 Å². The zero-order valence-electron chi connectivity index (χ0n) is 10.2. The molecule has 0 aromatic carbocycles. The maximum Gasteiger partial charge on any atom is 0.288 e. The molecule has 1 aromatic heterocycles. The van der Waals surface area contributed by atoms with Crippen molar-refractivity contribution in [2.75, 3.05) is 20.2 Å². The molecule has 17 heavy (non-hydrogen) atoms. The van der Waals surface area contributed by atoms with Crippen molar-refractivity contribution in [3.8, 4) is 0 Å². The van der Waals surface area contributed by atoms with Crippen molar-refractivity contribution in [3.05, 3.63) is 24.0 Å². The predicted octanol–water partition coefficient (Wildman–Crippen LogP) is 1.12. The highest BCUT2D eigenvalue weighted by Gasteiger charge is 2.21.